The quantitative estimate of drug-likeness (QED) is 0.426. The summed E-state index contributed by atoms with van der Waals surface area (Å²) in [4.78, 5) is 18.7. The molecule has 2 heterocycles. The van der Waals surface area contributed by atoms with Crippen LogP contribution in [0.15, 0.2) is 35.5 Å². The lowest BCUT2D eigenvalue weighted by Crippen LogP contribution is -2.25. The molecule has 1 aromatic heterocycles. The van der Waals surface area contributed by atoms with E-state index in [1.807, 2.05) is 24.5 Å². The standard InChI is InChI=1S/C17H17BrN2O3S/c1-22-11-5-4-10(13(8-11)23-2)9-20-15(18)14-12(17(20)21)6-7-19-16(14)24-3/h4-8,15H,9H2,1-3H3. The van der Waals surface area contributed by atoms with Crippen LogP contribution in [0.5, 0.6) is 11.5 Å². The predicted molar refractivity (Wildman–Crippen MR) is 97.1 cm³/mol. The van der Waals surface area contributed by atoms with E-state index >= 15 is 0 Å². The number of carbonyl (C=O) groups is 1. The Labute approximate surface area is 153 Å². The van der Waals surface area contributed by atoms with Gasteiger partial charge in [0.15, 0.2) is 0 Å². The predicted octanol–water partition coefficient (Wildman–Crippen LogP) is 3.87. The van der Waals surface area contributed by atoms with Crippen LogP contribution in [-0.4, -0.2) is 36.3 Å². The zero-order valence-corrected chi connectivity index (χ0v) is 16.0. The van der Waals surface area contributed by atoms with Crippen LogP contribution < -0.4 is 9.47 Å². The van der Waals surface area contributed by atoms with Gasteiger partial charge in [-0.15, -0.1) is 11.8 Å². The second kappa shape index (κ2) is 7.03. The summed E-state index contributed by atoms with van der Waals surface area (Å²) in [5.74, 6) is 1.40. The molecule has 1 amide bonds. The Morgan fingerprint density at radius 1 is 1.29 bits per heavy atom. The fraction of sp³-hybridized carbons (Fsp3) is 0.294. The van der Waals surface area contributed by atoms with Gasteiger partial charge in [-0.3, -0.25) is 4.79 Å². The van der Waals surface area contributed by atoms with Crippen LogP contribution >= 0.6 is 27.7 Å². The van der Waals surface area contributed by atoms with Gasteiger partial charge in [-0.1, -0.05) is 15.9 Å². The first-order valence-corrected chi connectivity index (χ1v) is 9.43. The van der Waals surface area contributed by atoms with E-state index in [2.05, 4.69) is 20.9 Å². The highest BCUT2D eigenvalue weighted by molar-refractivity contribution is 9.09. The van der Waals surface area contributed by atoms with Crippen molar-refractivity contribution in [1.29, 1.82) is 0 Å². The van der Waals surface area contributed by atoms with Crippen LogP contribution in [0.3, 0.4) is 0 Å². The third-order valence-electron chi connectivity index (χ3n) is 3.98. The molecule has 0 spiro atoms. The number of hydrogen-bond donors (Lipinski definition) is 0. The number of amides is 1. The number of pyridine rings is 1. The molecule has 5 nitrogen and oxygen atoms in total. The molecule has 1 atom stereocenters. The topological polar surface area (TPSA) is 51.7 Å². The smallest absolute Gasteiger partial charge is 0.255 e. The van der Waals surface area contributed by atoms with Crippen molar-refractivity contribution in [2.24, 2.45) is 0 Å². The third-order valence-corrected chi connectivity index (χ3v) is 5.65. The number of nitrogens with zero attached hydrogens (tertiary/aromatic N) is 2. The molecular weight excluding hydrogens is 392 g/mol. The highest BCUT2D eigenvalue weighted by Gasteiger charge is 2.37. The number of benzene rings is 1. The molecule has 0 N–H and O–H groups in total. The third kappa shape index (κ3) is 2.86. The number of halogens is 1. The van der Waals surface area contributed by atoms with Gasteiger partial charge in [-0.25, -0.2) is 4.98 Å². The minimum Gasteiger partial charge on any atom is -0.497 e. The first-order chi connectivity index (χ1) is 11.6. The van der Waals surface area contributed by atoms with Gasteiger partial charge >= 0.3 is 0 Å². The van der Waals surface area contributed by atoms with Crippen molar-refractivity contribution < 1.29 is 14.3 Å². The molecule has 1 aromatic carbocycles. The van der Waals surface area contributed by atoms with E-state index in [4.69, 9.17) is 9.47 Å². The van der Waals surface area contributed by atoms with Gasteiger partial charge in [0.1, 0.15) is 21.5 Å². The second-order valence-corrected chi connectivity index (χ2v) is 6.89. The minimum atomic E-state index is -0.206. The highest BCUT2D eigenvalue weighted by Crippen LogP contribution is 2.43. The van der Waals surface area contributed by atoms with Gasteiger partial charge in [0.25, 0.3) is 5.91 Å². The van der Waals surface area contributed by atoms with Gasteiger partial charge in [0, 0.05) is 29.0 Å². The number of hydrogen-bond acceptors (Lipinski definition) is 5. The number of aromatic nitrogens is 1. The molecule has 2 aromatic rings. The van der Waals surface area contributed by atoms with E-state index in [-0.39, 0.29) is 10.9 Å². The van der Waals surface area contributed by atoms with Crippen LogP contribution in [0.2, 0.25) is 0 Å². The first-order valence-electron chi connectivity index (χ1n) is 7.29. The summed E-state index contributed by atoms with van der Waals surface area (Å²) in [5, 5.41) is 0.868. The van der Waals surface area contributed by atoms with Crippen LogP contribution in [0.4, 0.5) is 0 Å². The lowest BCUT2D eigenvalue weighted by Gasteiger charge is -2.22. The van der Waals surface area contributed by atoms with Crippen molar-refractivity contribution in [3.05, 3.63) is 47.2 Å². The van der Waals surface area contributed by atoms with Gasteiger partial charge in [-0.05, 0) is 24.5 Å². The maximum Gasteiger partial charge on any atom is 0.255 e. The molecule has 0 radical (unpaired) electrons. The van der Waals surface area contributed by atoms with Crippen molar-refractivity contribution in [1.82, 2.24) is 9.88 Å². The number of fused-ring (bicyclic) bond motifs is 1. The van der Waals surface area contributed by atoms with Crippen molar-refractivity contribution in [2.75, 3.05) is 20.5 Å². The zero-order chi connectivity index (χ0) is 17.3. The first kappa shape index (κ1) is 17.1. The lowest BCUT2D eigenvalue weighted by atomic mass is 10.1. The summed E-state index contributed by atoms with van der Waals surface area (Å²) in [6, 6.07) is 7.38. The SMILES string of the molecule is COc1ccc(CN2C(=O)c3ccnc(SC)c3C2Br)c(OC)c1. The summed E-state index contributed by atoms with van der Waals surface area (Å²) in [6.07, 6.45) is 3.64. The van der Waals surface area contributed by atoms with Crippen molar-refractivity contribution in [3.8, 4) is 11.5 Å². The van der Waals surface area contributed by atoms with Crippen molar-refractivity contribution in [2.45, 2.75) is 16.5 Å². The van der Waals surface area contributed by atoms with Gasteiger partial charge in [0.05, 0.1) is 20.8 Å². The number of methoxy groups -OCH3 is 2. The molecule has 0 fully saturated rings. The Hall–Kier alpha value is -1.73. The number of carbonyl (C=O) groups excluding carboxylic acids is 1. The summed E-state index contributed by atoms with van der Waals surface area (Å²) < 4.78 is 10.7. The minimum absolute atomic E-state index is 0.0116. The Balaban J connectivity index is 1.94. The van der Waals surface area contributed by atoms with Gasteiger partial charge < -0.3 is 14.4 Å². The Bertz CT molecular complexity index is 784. The summed E-state index contributed by atoms with van der Waals surface area (Å²) in [7, 11) is 3.22. The highest BCUT2D eigenvalue weighted by atomic mass is 79.9. The summed E-state index contributed by atoms with van der Waals surface area (Å²) in [5.41, 5.74) is 2.55. The molecule has 7 heteroatoms. The lowest BCUT2D eigenvalue weighted by molar-refractivity contribution is 0.0763. The molecule has 1 aliphatic heterocycles. The van der Waals surface area contributed by atoms with E-state index in [9.17, 15) is 4.79 Å². The molecule has 3 rings (SSSR count). The average molecular weight is 409 g/mol. The summed E-state index contributed by atoms with van der Waals surface area (Å²) >= 11 is 5.19. The maximum atomic E-state index is 12.8. The van der Waals surface area contributed by atoms with Gasteiger partial charge in [0.2, 0.25) is 0 Å². The number of ether oxygens (including phenoxy) is 2. The molecule has 0 aliphatic carbocycles. The maximum absolute atomic E-state index is 12.8. The molecule has 0 bridgehead atoms. The van der Waals surface area contributed by atoms with E-state index in [1.54, 1.807) is 31.4 Å². The number of thioether (sulfide) groups is 1. The Morgan fingerprint density at radius 2 is 2.08 bits per heavy atom. The Morgan fingerprint density at radius 3 is 2.75 bits per heavy atom. The molecule has 0 saturated carbocycles. The van der Waals surface area contributed by atoms with E-state index in [1.165, 1.54) is 11.8 Å². The molecule has 0 saturated heterocycles. The zero-order valence-electron chi connectivity index (χ0n) is 13.6. The number of rotatable bonds is 5. The second-order valence-electron chi connectivity index (χ2n) is 5.23. The van der Waals surface area contributed by atoms with Crippen LogP contribution in [-0.2, 0) is 6.54 Å². The van der Waals surface area contributed by atoms with Gasteiger partial charge in [-0.2, -0.15) is 0 Å². The number of alkyl halides is 1. The van der Waals surface area contributed by atoms with Crippen LogP contribution in [0.25, 0.3) is 0 Å². The van der Waals surface area contributed by atoms with E-state index in [0.717, 1.165) is 21.9 Å². The van der Waals surface area contributed by atoms with Crippen molar-refractivity contribution >= 4 is 33.6 Å². The van der Waals surface area contributed by atoms with E-state index < -0.39 is 0 Å². The van der Waals surface area contributed by atoms with Crippen LogP contribution in [0, 0.1) is 0 Å². The van der Waals surface area contributed by atoms with Crippen molar-refractivity contribution in [3.63, 3.8) is 0 Å². The van der Waals surface area contributed by atoms with E-state index in [0.29, 0.717) is 17.9 Å². The monoisotopic (exact) mass is 408 g/mol. The molecular formula is C17H17BrN2O3S. The normalized spacial score (nSPS) is 16.2. The fourth-order valence-corrected chi connectivity index (χ4v) is 4.32. The van der Waals surface area contributed by atoms with Crippen LogP contribution in [0.1, 0.15) is 26.4 Å². The molecule has 126 valence electrons. The largest absolute Gasteiger partial charge is 0.497 e. The average Bonchev–Trinajstić information content (AvgIpc) is 2.87. The molecule has 24 heavy (non-hydrogen) atoms. The molecule has 1 unspecified atom stereocenters. The Kier molecular flexibility index (Phi) is 5.01. The fourth-order valence-electron chi connectivity index (χ4n) is 2.76. The summed E-state index contributed by atoms with van der Waals surface area (Å²) in [6.45, 7) is 0.435. The molecule has 1 aliphatic rings.